The number of epoxide rings is 1. The standard InChI is InChI=1S/C24H29F2N7O/c25-24(26)9-13-32(14-10-24)17-7-5-16(6-8-17)28-21-19-18(15-27-31-22-20(19)34-22)29-23(30-21)33-11-3-1-2-4-12-33/h5-8,15,20,22,31H,1-4,9-14H2,(H,28,29,30). The second-order valence-electron chi connectivity index (χ2n) is 9.45. The van der Waals surface area contributed by atoms with Gasteiger partial charge in [0.2, 0.25) is 5.95 Å². The third-order valence-corrected chi connectivity index (χ3v) is 7.01. The van der Waals surface area contributed by atoms with Gasteiger partial charge in [0.05, 0.1) is 17.5 Å². The molecule has 1 aromatic carbocycles. The third-order valence-electron chi connectivity index (χ3n) is 7.01. The Balaban J connectivity index is 1.27. The highest BCUT2D eigenvalue weighted by Crippen LogP contribution is 2.43. The molecule has 0 bridgehead atoms. The van der Waals surface area contributed by atoms with E-state index in [4.69, 9.17) is 14.7 Å². The summed E-state index contributed by atoms with van der Waals surface area (Å²) in [5, 5.41) is 7.74. The predicted octanol–water partition coefficient (Wildman–Crippen LogP) is 4.17. The molecular weight excluding hydrogens is 440 g/mol. The van der Waals surface area contributed by atoms with Crippen molar-refractivity contribution in [2.45, 2.75) is 56.8 Å². The molecular formula is C24H29F2N7O. The molecule has 0 spiro atoms. The number of anilines is 4. The van der Waals surface area contributed by atoms with Crippen LogP contribution in [0.2, 0.25) is 0 Å². The number of aromatic nitrogens is 2. The molecule has 2 N–H and O–H groups in total. The summed E-state index contributed by atoms with van der Waals surface area (Å²) >= 11 is 0. The Morgan fingerprint density at radius 1 is 0.941 bits per heavy atom. The molecule has 2 atom stereocenters. The summed E-state index contributed by atoms with van der Waals surface area (Å²) < 4.78 is 32.8. The zero-order chi connectivity index (χ0) is 23.1. The minimum atomic E-state index is -2.55. The smallest absolute Gasteiger partial charge is 0.251 e. The fourth-order valence-electron chi connectivity index (χ4n) is 4.95. The number of hydrogen-bond acceptors (Lipinski definition) is 8. The number of nitrogens with zero attached hydrogens (tertiary/aromatic N) is 5. The summed E-state index contributed by atoms with van der Waals surface area (Å²) in [6, 6.07) is 7.88. The van der Waals surface area contributed by atoms with E-state index in [1.807, 2.05) is 29.2 Å². The van der Waals surface area contributed by atoms with E-state index in [0.29, 0.717) is 19.0 Å². The van der Waals surface area contributed by atoms with E-state index in [1.165, 1.54) is 12.8 Å². The lowest BCUT2D eigenvalue weighted by molar-refractivity contribution is -0.0220. The van der Waals surface area contributed by atoms with Crippen molar-refractivity contribution < 1.29 is 13.5 Å². The molecule has 0 aliphatic carbocycles. The van der Waals surface area contributed by atoms with Crippen LogP contribution in [0.15, 0.2) is 29.4 Å². The van der Waals surface area contributed by atoms with E-state index in [9.17, 15) is 8.78 Å². The molecule has 3 fully saturated rings. The molecule has 2 aromatic rings. The maximum atomic E-state index is 13.5. The molecule has 0 amide bonds. The van der Waals surface area contributed by atoms with E-state index >= 15 is 0 Å². The van der Waals surface area contributed by atoms with Crippen LogP contribution in [0.1, 0.15) is 55.9 Å². The van der Waals surface area contributed by atoms with Gasteiger partial charge in [-0.1, -0.05) is 12.8 Å². The van der Waals surface area contributed by atoms with Crippen LogP contribution in [0.4, 0.5) is 31.9 Å². The van der Waals surface area contributed by atoms with Gasteiger partial charge < -0.3 is 19.9 Å². The highest BCUT2D eigenvalue weighted by molar-refractivity contribution is 5.84. The van der Waals surface area contributed by atoms with Crippen LogP contribution in [0.25, 0.3) is 0 Å². The first-order chi connectivity index (χ1) is 16.6. The highest BCUT2D eigenvalue weighted by atomic mass is 19.3. The quantitative estimate of drug-likeness (QED) is 0.651. The van der Waals surface area contributed by atoms with Crippen molar-refractivity contribution in [3.63, 3.8) is 0 Å². The van der Waals surface area contributed by atoms with Gasteiger partial charge in [-0.25, -0.2) is 13.8 Å². The second-order valence-corrected chi connectivity index (χ2v) is 9.45. The largest absolute Gasteiger partial charge is 0.371 e. The lowest BCUT2D eigenvalue weighted by Gasteiger charge is -2.33. The molecule has 3 saturated heterocycles. The second kappa shape index (κ2) is 8.65. The number of halogens is 2. The van der Waals surface area contributed by atoms with Gasteiger partial charge in [-0.15, -0.1) is 0 Å². The number of piperidine rings is 1. The van der Waals surface area contributed by atoms with Gasteiger partial charge in [0.15, 0.2) is 6.23 Å². The lowest BCUT2D eigenvalue weighted by Crippen LogP contribution is -2.39. The molecule has 8 nitrogen and oxygen atoms in total. The van der Waals surface area contributed by atoms with Gasteiger partial charge in [-0.2, -0.15) is 10.1 Å². The first-order valence-corrected chi connectivity index (χ1v) is 12.2. The Hall–Kier alpha value is -3.01. The average molecular weight is 470 g/mol. The first-order valence-electron chi connectivity index (χ1n) is 12.2. The van der Waals surface area contributed by atoms with Crippen molar-refractivity contribution in [2.75, 3.05) is 41.3 Å². The van der Waals surface area contributed by atoms with Crippen molar-refractivity contribution in [1.82, 2.24) is 15.4 Å². The summed E-state index contributed by atoms with van der Waals surface area (Å²) in [7, 11) is 0. The van der Waals surface area contributed by atoms with Crippen LogP contribution in [0, 0.1) is 0 Å². The highest BCUT2D eigenvalue weighted by Gasteiger charge is 2.45. The summed E-state index contributed by atoms with van der Waals surface area (Å²) in [4.78, 5) is 14.0. The summed E-state index contributed by atoms with van der Waals surface area (Å²) in [6.07, 6.45) is 5.97. The minimum absolute atomic E-state index is 0.0997. The fourth-order valence-corrected chi connectivity index (χ4v) is 4.95. The molecule has 2 unspecified atom stereocenters. The molecule has 4 aliphatic rings. The maximum absolute atomic E-state index is 13.5. The summed E-state index contributed by atoms with van der Waals surface area (Å²) in [6.45, 7) is 2.62. The number of nitrogens with one attached hydrogen (secondary N) is 2. The monoisotopic (exact) mass is 469 g/mol. The van der Waals surface area contributed by atoms with Crippen LogP contribution < -0.4 is 20.5 Å². The average Bonchev–Trinajstić information content (AvgIpc) is 3.63. The number of fused-ring (bicyclic) bond motifs is 3. The maximum Gasteiger partial charge on any atom is 0.251 e. The number of rotatable bonds is 4. The van der Waals surface area contributed by atoms with Gasteiger partial charge in [0, 0.05) is 50.4 Å². The van der Waals surface area contributed by atoms with Crippen molar-refractivity contribution in [2.24, 2.45) is 5.10 Å². The van der Waals surface area contributed by atoms with Gasteiger partial charge in [-0.3, -0.25) is 5.43 Å². The van der Waals surface area contributed by atoms with Gasteiger partial charge in [0.1, 0.15) is 11.9 Å². The molecule has 180 valence electrons. The molecule has 1 aromatic heterocycles. The van der Waals surface area contributed by atoms with Crippen molar-refractivity contribution >= 4 is 29.4 Å². The Labute approximate surface area is 197 Å². The Morgan fingerprint density at radius 2 is 1.68 bits per heavy atom. The number of alkyl halides is 2. The normalized spacial score (nSPS) is 25.5. The molecule has 6 rings (SSSR count). The van der Waals surface area contributed by atoms with Crippen molar-refractivity contribution in [3.05, 3.63) is 35.5 Å². The lowest BCUT2D eigenvalue weighted by atomic mass is 10.1. The van der Waals surface area contributed by atoms with Crippen molar-refractivity contribution in [3.8, 4) is 0 Å². The van der Waals surface area contributed by atoms with Crippen LogP contribution in [0.3, 0.4) is 0 Å². The minimum Gasteiger partial charge on any atom is -0.371 e. The van der Waals surface area contributed by atoms with Crippen LogP contribution in [0.5, 0.6) is 0 Å². The van der Waals surface area contributed by atoms with Gasteiger partial charge in [0.25, 0.3) is 5.92 Å². The SMILES string of the molecule is FC1(F)CCN(c2ccc(Nc3nc(N4CCCCCC4)nc4c3C3OC3NN=C4)cc2)CC1. The van der Waals surface area contributed by atoms with Crippen LogP contribution in [-0.4, -0.2) is 54.5 Å². The van der Waals surface area contributed by atoms with Gasteiger partial charge >= 0.3 is 0 Å². The topological polar surface area (TPSA) is 81.2 Å². The zero-order valence-corrected chi connectivity index (χ0v) is 19.0. The van der Waals surface area contributed by atoms with Crippen molar-refractivity contribution in [1.29, 1.82) is 0 Å². The van der Waals surface area contributed by atoms with E-state index in [0.717, 1.165) is 54.4 Å². The summed E-state index contributed by atoms with van der Waals surface area (Å²) in [5.74, 6) is -1.12. The molecule has 34 heavy (non-hydrogen) atoms. The molecule has 10 heteroatoms. The summed E-state index contributed by atoms with van der Waals surface area (Å²) in [5.41, 5.74) is 6.49. The van der Waals surface area contributed by atoms with E-state index in [2.05, 4.69) is 20.7 Å². The zero-order valence-electron chi connectivity index (χ0n) is 19.0. The first kappa shape index (κ1) is 21.5. The van der Waals surface area contributed by atoms with Crippen LogP contribution >= 0.6 is 0 Å². The number of hydrogen-bond donors (Lipinski definition) is 2. The Bertz CT molecular complexity index is 1060. The van der Waals surface area contributed by atoms with E-state index in [1.54, 1.807) is 6.21 Å². The number of hydrazone groups is 1. The fraction of sp³-hybridized carbons (Fsp3) is 0.542. The molecule has 0 saturated carbocycles. The predicted molar refractivity (Wildman–Crippen MR) is 127 cm³/mol. The molecule has 4 aliphatic heterocycles. The van der Waals surface area contributed by atoms with Crippen LogP contribution in [-0.2, 0) is 4.74 Å². The van der Waals surface area contributed by atoms with Gasteiger partial charge in [-0.05, 0) is 37.1 Å². The number of benzene rings is 1. The molecule has 0 radical (unpaired) electrons. The Morgan fingerprint density at radius 3 is 2.41 bits per heavy atom. The van der Waals surface area contributed by atoms with E-state index < -0.39 is 5.92 Å². The number of ether oxygens (including phenoxy) is 1. The Kier molecular flexibility index (Phi) is 5.47. The molecule has 5 heterocycles. The third kappa shape index (κ3) is 4.38. The van der Waals surface area contributed by atoms with E-state index in [-0.39, 0.29) is 25.2 Å².